The van der Waals surface area contributed by atoms with Crippen molar-refractivity contribution in [3.05, 3.63) is 82.3 Å². The van der Waals surface area contributed by atoms with Gasteiger partial charge in [0.1, 0.15) is 24.1 Å². The lowest BCUT2D eigenvalue weighted by molar-refractivity contribution is -0.139. The highest BCUT2D eigenvalue weighted by molar-refractivity contribution is 9.10. The molecular weight excluding hydrogens is 598 g/mol. The third-order valence-electron chi connectivity index (χ3n) is 6.32. The monoisotopic (exact) mass is 631 g/mol. The second-order valence-electron chi connectivity index (χ2n) is 9.09. The summed E-state index contributed by atoms with van der Waals surface area (Å²) in [5, 5.41) is 2.75. The molecule has 214 valence electrons. The molecule has 0 aliphatic carbocycles. The molecule has 11 heteroatoms. The Balaban J connectivity index is 2.05. The van der Waals surface area contributed by atoms with Crippen molar-refractivity contribution < 1.29 is 27.5 Å². The van der Waals surface area contributed by atoms with Gasteiger partial charge in [-0.25, -0.2) is 8.42 Å². The molecule has 1 N–H and O–H groups in total. The Morgan fingerprint density at radius 2 is 1.70 bits per heavy atom. The predicted molar refractivity (Wildman–Crippen MR) is 158 cm³/mol. The molecule has 9 nitrogen and oxygen atoms in total. The molecule has 0 fully saturated rings. The van der Waals surface area contributed by atoms with Crippen molar-refractivity contribution in [1.29, 1.82) is 0 Å². The second-order valence-corrected chi connectivity index (χ2v) is 11.8. The number of ether oxygens (including phenoxy) is 2. The van der Waals surface area contributed by atoms with Crippen molar-refractivity contribution in [3.8, 4) is 11.5 Å². The molecule has 0 aromatic heterocycles. The molecule has 3 rings (SSSR count). The van der Waals surface area contributed by atoms with E-state index < -0.39 is 28.5 Å². The summed E-state index contributed by atoms with van der Waals surface area (Å²) in [5.74, 6) is 0.183. The molecule has 1 atom stereocenters. The van der Waals surface area contributed by atoms with Gasteiger partial charge in [0.15, 0.2) is 0 Å². The highest BCUT2D eigenvalue weighted by Gasteiger charge is 2.32. The lowest BCUT2D eigenvalue weighted by atomic mass is 10.1. The fourth-order valence-corrected chi connectivity index (χ4v) is 6.18. The smallest absolute Gasteiger partial charge is 0.264 e. The zero-order valence-electron chi connectivity index (χ0n) is 23.2. The average Bonchev–Trinajstić information content (AvgIpc) is 2.94. The number of halogens is 1. The van der Waals surface area contributed by atoms with Crippen LogP contribution in [0.4, 0.5) is 5.69 Å². The Hall–Kier alpha value is -3.57. The Bertz CT molecular complexity index is 1450. The van der Waals surface area contributed by atoms with E-state index in [9.17, 15) is 18.0 Å². The molecule has 0 aliphatic rings. The van der Waals surface area contributed by atoms with E-state index in [-0.39, 0.29) is 17.3 Å². The predicted octanol–water partition coefficient (Wildman–Crippen LogP) is 4.52. The number of aryl methyl sites for hydroxylation is 1. The first kappa shape index (κ1) is 31.0. The summed E-state index contributed by atoms with van der Waals surface area (Å²) in [7, 11) is -1.18. The molecule has 3 aromatic rings. The largest absolute Gasteiger partial charge is 0.497 e. The van der Waals surface area contributed by atoms with Crippen LogP contribution in [-0.4, -0.2) is 58.5 Å². The van der Waals surface area contributed by atoms with Crippen LogP contribution in [0.5, 0.6) is 11.5 Å². The highest BCUT2D eigenvalue weighted by Crippen LogP contribution is 2.31. The number of carbonyl (C=O) groups excluding carboxylic acids is 2. The summed E-state index contributed by atoms with van der Waals surface area (Å²) in [6, 6.07) is 17.5. The molecule has 0 aliphatic heterocycles. The molecule has 0 saturated heterocycles. The van der Waals surface area contributed by atoms with Gasteiger partial charge in [0.25, 0.3) is 10.0 Å². The van der Waals surface area contributed by atoms with Crippen LogP contribution >= 0.6 is 15.9 Å². The Morgan fingerprint density at radius 1 is 1.00 bits per heavy atom. The molecule has 0 saturated carbocycles. The molecule has 0 radical (unpaired) electrons. The van der Waals surface area contributed by atoms with E-state index in [1.54, 1.807) is 69.5 Å². The van der Waals surface area contributed by atoms with E-state index in [2.05, 4.69) is 21.2 Å². The van der Waals surface area contributed by atoms with Crippen molar-refractivity contribution in [2.75, 3.05) is 31.6 Å². The first-order valence-corrected chi connectivity index (χ1v) is 14.9. The topological polar surface area (TPSA) is 105 Å². The van der Waals surface area contributed by atoms with Gasteiger partial charge in [0, 0.05) is 13.1 Å². The first-order chi connectivity index (χ1) is 19.0. The number of sulfonamides is 1. The van der Waals surface area contributed by atoms with Gasteiger partial charge in [-0.2, -0.15) is 0 Å². The van der Waals surface area contributed by atoms with E-state index in [0.29, 0.717) is 28.2 Å². The van der Waals surface area contributed by atoms with Crippen LogP contribution in [0.25, 0.3) is 0 Å². The van der Waals surface area contributed by atoms with Crippen molar-refractivity contribution >= 4 is 43.5 Å². The third kappa shape index (κ3) is 7.33. The number of nitrogens with zero attached hydrogens (tertiary/aromatic N) is 2. The van der Waals surface area contributed by atoms with Crippen LogP contribution in [0, 0.1) is 6.92 Å². The summed E-state index contributed by atoms with van der Waals surface area (Å²) < 4.78 is 40.0. The normalized spacial score (nSPS) is 11.8. The number of nitrogens with one attached hydrogen (secondary N) is 1. The van der Waals surface area contributed by atoms with E-state index in [1.165, 1.54) is 24.1 Å². The van der Waals surface area contributed by atoms with Crippen molar-refractivity contribution in [2.24, 2.45) is 0 Å². The number of hydrogen-bond donors (Lipinski definition) is 1. The molecule has 0 unspecified atom stereocenters. The number of benzene rings is 3. The van der Waals surface area contributed by atoms with E-state index in [1.807, 2.05) is 13.0 Å². The van der Waals surface area contributed by atoms with Gasteiger partial charge in [-0.05, 0) is 84.7 Å². The number of carbonyl (C=O) groups is 2. The van der Waals surface area contributed by atoms with Crippen molar-refractivity contribution in [2.45, 2.75) is 38.3 Å². The highest BCUT2D eigenvalue weighted by atomic mass is 79.9. The number of methoxy groups -OCH3 is 2. The Labute approximate surface area is 244 Å². The fourth-order valence-electron chi connectivity index (χ4n) is 4.05. The van der Waals surface area contributed by atoms with Crippen LogP contribution < -0.4 is 19.1 Å². The molecule has 0 heterocycles. The summed E-state index contributed by atoms with van der Waals surface area (Å²) in [4.78, 5) is 28.1. The molecule has 3 aromatic carbocycles. The average molecular weight is 633 g/mol. The maximum Gasteiger partial charge on any atom is 0.264 e. The quantitative estimate of drug-likeness (QED) is 0.315. The Morgan fingerprint density at radius 3 is 2.30 bits per heavy atom. The van der Waals surface area contributed by atoms with Crippen LogP contribution in [0.1, 0.15) is 25.0 Å². The zero-order valence-corrected chi connectivity index (χ0v) is 25.6. The Kier molecular flexibility index (Phi) is 10.6. The van der Waals surface area contributed by atoms with Crippen molar-refractivity contribution in [3.63, 3.8) is 0 Å². The minimum absolute atomic E-state index is 0.0235. The minimum atomic E-state index is -4.20. The number of anilines is 1. The number of hydrogen-bond acceptors (Lipinski definition) is 6. The zero-order chi connectivity index (χ0) is 29.4. The van der Waals surface area contributed by atoms with Gasteiger partial charge in [-0.3, -0.25) is 13.9 Å². The molecule has 40 heavy (non-hydrogen) atoms. The standard InChI is InChI=1S/C29H34BrN3O6S/c1-6-31-29(35)21(3)32(18-22-8-7-9-24(16-22)38-4)28(34)19-33(23-12-10-20(2)11-13-23)40(36,37)25-14-15-27(39-5)26(30)17-25/h7-17,21H,6,18-19H2,1-5H3,(H,31,35)/t21-/m1/s1. The first-order valence-electron chi connectivity index (χ1n) is 12.6. The van der Waals surface area contributed by atoms with Gasteiger partial charge in [-0.1, -0.05) is 29.8 Å². The van der Waals surface area contributed by atoms with E-state index in [0.717, 1.165) is 15.4 Å². The van der Waals surface area contributed by atoms with E-state index in [4.69, 9.17) is 9.47 Å². The fraction of sp³-hybridized carbons (Fsp3) is 0.310. The summed E-state index contributed by atoms with van der Waals surface area (Å²) in [6.45, 7) is 5.23. The summed E-state index contributed by atoms with van der Waals surface area (Å²) >= 11 is 3.35. The van der Waals surface area contributed by atoms with Gasteiger partial charge in [0.05, 0.1) is 29.3 Å². The maximum absolute atomic E-state index is 14.0. The van der Waals surface area contributed by atoms with Crippen LogP contribution in [0.2, 0.25) is 0 Å². The minimum Gasteiger partial charge on any atom is -0.497 e. The summed E-state index contributed by atoms with van der Waals surface area (Å²) in [5.41, 5.74) is 1.98. The van der Waals surface area contributed by atoms with Gasteiger partial charge in [-0.15, -0.1) is 0 Å². The lowest BCUT2D eigenvalue weighted by Gasteiger charge is -2.32. The molecular formula is C29H34BrN3O6S. The van der Waals surface area contributed by atoms with Crippen LogP contribution in [0.15, 0.2) is 76.1 Å². The number of rotatable bonds is 12. The maximum atomic E-state index is 14.0. The molecule has 0 spiro atoms. The second kappa shape index (κ2) is 13.7. The van der Waals surface area contributed by atoms with Crippen molar-refractivity contribution in [1.82, 2.24) is 10.2 Å². The SMILES string of the molecule is CCNC(=O)[C@@H](C)N(Cc1cccc(OC)c1)C(=O)CN(c1ccc(C)cc1)S(=O)(=O)c1ccc(OC)c(Br)c1. The molecule has 2 amide bonds. The summed E-state index contributed by atoms with van der Waals surface area (Å²) in [6.07, 6.45) is 0. The number of likely N-dealkylation sites (N-methyl/N-ethyl adjacent to an activating group) is 1. The third-order valence-corrected chi connectivity index (χ3v) is 8.71. The van der Waals surface area contributed by atoms with Gasteiger partial charge in [0.2, 0.25) is 11.8 Å². The molecule has 0 bridgehead atoms. The van der Waals surface area contributed by atoms with Crippen LogP contribution in [-0.2, 0) is 26.2 Å². The lowest BCUT2D eigenvalue weighted by Crippen LogP contribution is -2.51. The van der Waals surface area contributed by atoms with Gasteiger partial charge >= 0.3 is 0 Å². The van der Waals surface area contributed by atoms with Gasteiger partial charge < -0.3 is 19.7 Å². The number of amides is 2. The van der Waals surface area contributed by atoms with E-state index >= 15 is 0 Å². The van der Waals surface area contributed by atoms with Crippen LogP contribution in [0.3, 0.4) is 0 Å².